The second-order valence-corrected chi connectivity index (χ2v) is 8.87. The van der Waals surface area contributed by atoms with Crippen molar-refractivity contribution >= 4 is 28.8 Å². The smallest absolute Gasteiger partial charge is 0.270 e. The van der Waals surface area contributed by atoms with Crippen LogP contribution in [0.5, 0.6) is 0 Å². The molecule has 7 heteroatoms. The zero-order valence-electron chi connectivity index (χ0n) is 17.6. The van der Waals surface area contributed by atoms with E-state index in [1.165, 1.54) is 23.5 Å². The lowest BCUT2D eigenvalue weighted by molar-refractivity contribution is 0.0948. The van der Waals surface area contributed by atoms with Crippen LogP contribution in [0.3, 0.4) is 0 Å². The first-order valence-corrected chi connectivity index (χ1v) is 11.7. The summed E-state index contributed by atoms with van der Waals surface area (Å²) >= 11 is 7.49. The lowest BCUT2D eigenvalue weighted by atomic mass is 10.1. The maximum Gasteiger partial charge on any atom is 0.270 e. The first-order chi connectivity index (χ1) is 15.0. The Morgan fingerprint density at radius 2 is 1.68 bits per heavy atom. The molecule has 0 atom stereocenters. The molecule has 0 aliphatic carbocycles. The van der Waals surface area contributed by atoms with Crippen LogP contribution < -0.4 is 5.32 Å². The zero-order valence-corrected chi connectivity index (χ0v) is 19.2. The van der Waals surface area contributed by atoms with Gasteiger partial charge >= 0.3 is 0 Å². The molecule has 0 aliphatic rings. The van der Waals surface area contributed by atoms with E-state index < -0.39 is 0 Å². The summed E-state index contributed by atoms with van der Waals surface area (Å²) < 4.78 is 13.3. The molecule has 1 heterocycles. The van der Waals surface area contributed by atoms with Crippen LogP contribution >= 0.6 is 22.9 Å². The summed E-state index contributed by atoms with van der Waals surface area (Å²) in [5.74, 6) is -0.371. The van der Waals surface area contributed by atoms with Crippen LogP contribution in [0.2, 0.25) is 5.02 Å². The Bertz CT molecular complexity index is 912. The van der Waals surface area contributed by atoms with Crippen molar-refractivity contribution in [2.45, 2.75) is 45.8 Å². The summed E-state index contributed by atoms with van der Waals surface area (Å²) in [4.78, 5) is 19.1. The molecule has 31 heavy (non-hydrogen) atoms. The fourth-order valence-corrected chi connectivity index (χ4v) is 4.15. The number of benzene rings is 2. The van der Waals surface area contributed by atoms with Gasteiger partial charge in [-0.25, -0.2) is 9.37 Å². The summed E-state index contributed by atoms with van der Waals surface area (Å²) in [5.41, 5.74) is 2.60. The first-order valence-electron chi connectivity index (χ1n) is 10.5. The number of halogens is 2. The number of nitrogens with zero attached hydrogens (tertiary/aromatic N) is 2. The highest BCUT2D eigenvalue weighted by atomic mass is 35.5. The number of amides is 1. The predicted octanol–water partition coefficient (Wildman–Crippen LogP) is 6.06. The van der Waals surface area contributed by atoms with Gasteiger partial charge in [-0.1, -0.05) is 55.6 Å². The van der Waals surface area contributed by atoms with Crippen molar-refractivity contribution < 1.29 is 9.18 Å². The van der Waals surface area contributed by atoms with Crippen molar-refractivity contribution in [2.24, 2.45) is 0 Å². The molecule has 1 amide bonds. The van der Waals surface area contributed by atoms with E-state index in [0.717, 1.165) is 35.4 Å². The first kappa shape index (κ1) is 23.4. The fourth-order valence-electron chi connectivity index (χ4n) is 3.21. The minimum atomic E-state index is -0.248. The van der Waals surface area contributed by atoms with E-state index in [2.05, 4.69) is 22.1 Å². The Morgan fingerprint density at radius 1 is 1.03 bits per heavy atom. The number of thiazole rings is 1. The van der Waals surface area contributed by atoms with Crippen molar-refractivity contribution in [3.63, 3.8) is 0 Å². The van der Waals surface area contributed by atoms with Crippen molar-refractivity contribution in [1.82, 2.24) is 15.2 Å². The fraction of sp³-hybridized carbons (Fsp3) is 0.333. The molecule has 4 nitrogen and oxygen atoms in total. The Balaban J connectivity index is 1.67. The van der Waals surface area contributed by atoms with Crippen molar-refractivity contribution in [3.8, 4) is 0 Å². The molecule has 0 unspecified atom stereocenters. The van der Waals surface area contributed by atoms with Gasteiger partial charge in [-0.15, -0.1) is 11.3 Å². The van der Waals surface area contributed by atoms with E-state index in [4.69, 9.17) is 11.6 Å². The average molecular weight is 460 g/mol. The van der Waals surface area contributed by atoms with Crippen LogP contribution in [-0.4, -0.2) is 22.3 Å². The Labute approximate surface area is 192 Å². The number of aromatic nitrogens is 1. The molecule has 164 valence electrons. The topological polar surface area (TPSA) is 45.2 Å². The Kier molecular flexibility index (Phi) is 9.00. The van der Waals surface area contributed by atoms with Crippen molar-refractivity contribution in [2.75, 3.05) is 6.54 Å². The molecule has 0 radical (unpaired) electrons. The maximum atomic E-state index is 13.3. The standard InChI is InChI=1S/C24H27ClFN3OS/c1-2-3-4-13-27-24(30)22-17-31-23(28-22)16-29(14-18-5-9-20(25)10-6-18)15-19-7-11-21(26)12-8-19/h5-12,17H,2-4,13-16H2,1H3,(H,27,30). The number of nitrogens with one attached hydrogen (secondary N) is 1. The van der Waals surface area contributed by atoms with Crippen LogP contribution in [0.15, 0.2) is 53.9 Å². The van der Waals surface area contributed by atoms with Gasteiger partial charge in [0.2, 0.25) is 0 Å². The van der Waals surface area contributed by atoms with Gasteiger partial charge in [0.1, 0.15) is 16.5 Å². The molecular formula is C24H27ClFN3OS. The normalized spacial score (nSPS) is 11.1. The number of carbonyl (C=O) groups excluding carboxylic acids is 1. The minimum absolute atomic E-state index is 0.124. The summed E-state index contributed by atoms with van der Waals surface area (Å²) in [7, 11) is 0. The van der Waals surface area contributed by atoms with Gasteiger partial charge < -0.3 is 5.32 Å². The molecule has 3 rings (SSSR count). The summed E-state index contributed by atoms with van der Waals surface area (Å²) in [5, 5.41) is 6.31. The SMILES string of the molecule is CCCCCNC(=O)c1csc(CN(Cc2ccc(F)cc2)Cc2ccc(Cl)cc2)n1. The van der Waals surface area contributed by atoms with E-state index in [-0.39, 0.29) is 11.7 Å². The minimum Gasteiger partial charge on any atom is -0.351 e. The van der Waals surface area contributed by atoms with Gasteiger partial charge in [-0.05, 0) is 41.8 Å². The van der Waals surface area contributed by atoms with Gasteiger partial charge in [0.05, 0.1) is 6.54 Å². The molecule has 0 bridgehead atoms. The third-order valence-corrected chi connectivity index (χ3v) is 5.93. The third kappa shape index (κ3) is 7.73. The van der Waals surface area contributed by atoms with E-state index in [9.17, 15) is 9.18 Å². The predicted molar refractivity (Wildman–Crippen MR) is 125 cm³/mol. The second-order valence-electron chi connectivity index (χ2n) is 7.49. The lowest BCUT2D eigenvalue weighted by Gasteiger charge is -2.21. The molecule has 3 aromatic rings. The quantitative estimate of drug-likeness (QED) is 0.354. The highest BCUT2D eigenvalue weighted by molar-refractivity contribution is 7.09. The van der Waals surface area contributed by atoms with Crippen LogP contribution in [0.4, 0.5) is 4.39 Å². The monoisotopic (exact) mass is 459 g/mol. The van der Waals surface area contributed by atoms with Crippen LogP contribution in [0.25, 0.3) is 0 Å². The summed E-state index contributed by atoms with van der Waals surface area (Å²) in [6, 6.07) is 14.3. The average Bonchev–Trinajstić information content (AvgIpc) is 3.23. The molecule has 0 saturated heterocycles. The molecule has 0 saturated carbocycles. The largest absolute Gasteiger partial charge is 0.351 e. The van der Waals surface area contributed by atoms with Gasteiger partial charge in [-0.2, -0.15) is 0 Å². The van der Waals surface area contributed by atoms with E-state index in [1.807, 2.05) is 29.6 Å². The highest BCUT2D eigenvalue weighted by Crippen LogP contribution is 2.19. The summed E-state index contributed by atoms with van der Waals surface area (Å²) in [6.45, 7) is 4.73. The molecule has 1 N–H and O–H groups in total. The molecule has 0 spiro atoms. The van der Waals surface area contributed by atoms with Crippen LogP contribution in [0.1, 0.15) is 52.8 Å². The Morgan fingerprint density at radius 3 is 2.32 bits per heavy atom. The van der Waals surface area contributed by atoms with Crippen LogP contribution in [0, 0.1) is 5.82 Å². The number of hydrogen-bond donors (Lipinski definition) is 1. The van der Waals surface area contributed by atoms with Gasteiger partial charge in [0.25, 0.3) is 5.91 Å². The van der Waals surface area contributed by atoms with Gasteiger partial charge in [-0.3, -0.25) is 9.69 Å². The zero-order chi connectivity index (χ0) is 22.1. The van der Waals surface area contributed by atoms with Crippen LogP contribution in [-0.2, 0) is 19.6 Å². The maximum absolute atomic E-state index is 13.3. The third-order valence-electron chi connectivity index (χ3n) is 4.85. The highest BCUT2D eigenvalue weighted by Gasteiger charge is 2.14. The Hall–Kier alpha value is -2.28. The molecule has 0 aliphatic heterocycles. The molecular weight excluding hydrogens is 433 g/mol. The number of rotatable bonds is 11. The molecule has 0 fully saturated rings. The molecule has 1 aromatic heterocycles. The number of hydrogen-bond acceptors (Lipinski definition) is 4. The van der Waals surface area contributed by atoms with Crippen molar-refractivity contribution in [3.05, 3.63) is 86.6 Å². The van der Waals surface area contributed by atoms with E-state index in [1.54, 1.807) is 12.1 Å². The lowest BCUT2D eigenvalue weighted by Crippen LogP contribution is -2.25. The second kappa shape index (κ2) is 11.9. The number of carbonyl (C=O) groups is 1. The van der Waals surface area contributed by atoms with Crippen molar-refractivity contribution in [1.29, 1.82) is 0 Å². The molecule has 2 aromatic carbocycles. The van der Waals surface area contributed by atoms with E-state index in [0.29, 0.717) is 36.9 Å². The van der Waals surface area contributed by atoms with Gasteiger partial charge in [0.15, 0.2) is 0 Å². The van der Waals surface area contributed by atoms with Gasteiger partial charge in [0, 0.05) is 30.0 Å². The summed E-state index contributed by atoms with van der Waals surface area (Å²) in [6.07, 6.45) is 3.20. The number of unbranched alkanes of at least 4 members (excludes halogenated alkanes) is 2. The van der Waals surface area contributed by atoms with E-state index >= 15 is 0 Å².